The average molecular weight is 239 g/mol. The minimum Gasteiger partial charge on any atom is -0.351 e. The predicted octanol–water partition coefficient (Wildman–Crippen LogP) is -0.101. The second-order valence-corrected chi connectivity index (χ2v) is 5.05. The Kier molecular flexibility index (Phi) is 3.99. The van der Waals surface area contributed by atoms with Crippen molar-refractivity contribution in [2.45, 2.75) is 50.6 Å². The molecule has 1 aliphatic carbocycles. The van der Waals surface area contributed by atoms with E-state index in [4.69, 9.17) is 5.73 Å². The molecule has 1 aliphatic heterocycles. The number of carbonyl (C=O) groups is 2. The summed E-state index contributed by atoms with van der Waals surface area (Å²) in [5.41, 5.74) is 5.72. The van der Waals surface area contributed by atoms with Crippen LogP contribution in [0.15, 0.2) is 0 Å². The highest BCUT2D eigenvalue weighted by atomic mass is 16.2. The number of hydrogen-bond donors (Lipinski definition) is 3. The lowest BCUT2D eigenvalue weighted by atomic mass is 9.84. The van der Waals surface area contributed by atoms with Gasteiger partial charge in [-0.05, 0) is 31.7 Å². The Bertz CT molecular complexity index is 306. The lowest BCUT2D eigenvalue weighted by Crippen LogP contribution is -2.50. The lowest BCUT2D eigenvalue weighted by Gasteiger charge is -2.32. The van der Waals surface area contributed by atoms with Crippen molar-refractivity contribution in [1.82, 2.24) is 10.6 Å². The van der Waals surface area contributed by atoms with Crippen LogP contribution in [0.2, 0.25) is 0 Å². The number of rotatable bonds is 3. The van der Waals surface area contributed by atoms with E-state index in [1.165, 1.54) is 6.42 Å². The molecular weight excluding hydrogens is 218 g/mol. The maximum Gasteiger partial charge on any atom is 0.242 e. The van der Waals surface area contributed by atoms with Gasteiger partial charge in [0.25, 0.3) is 0 Å². The number of hydrogen-bond acceptors (Lipinski definition) is 3. The number of nitrogens with one attached hydrogen (secondary N) is 2. The summed E-state index contributed by atoms with van der Waals surface area (Å²) in [6.07, 6.45) is 5.54. The SMILES string of the molecule is NCC1CCCCC1NC(=O)C1CCC(=O)N1. The normalized spacial score (nSPS) is 33.2. The van der Waals surface area contributed by atoms with Crippen LogP contribution in [0, 0.1) is 5.92 Å². The standard InChI is InChI=1S/C12H21N3O2/c13-7-8-3-1-2-4-9(8)15-12(17)10-5-6-11(16)14-10/h8-10H,1-7,13H2,(H,14,16)(H,15,17). The minimum atomic E-state index is -0.331. The molecule has 1 saturated heterocycles. The molecule has 2 amide bonds. The monoisotopic (exact) mass is 239 g/mol. The highest BCUT2D eigenvalue weighted by molar-refractivity contribution is 5.90. The first kappa shape index (κ1) is 12.4. The van der Waals surface area contributed by atoms with Crippen molar-refractivity contribution in [3.05, 3.63) is 0 Å². The van der Waals surface area contributed by atoms with Crippen LogP contribution in [0.1, 0.15) is 38.5 Å². The van der Waals surface area contributed by atoms with Crippen LogP contribution in [0.3, 0.4) is 0 Å². The van der Waals surface area contributed by atoms with Gasteiger partial charge in [-0.15, -0.1) is 0 Å². The Morgan fingerprint density at radius 2 is 2.12 bits per heavy atom. The summed E-state index contributed by atoms with van der Waals surface area (Å²) >= 11 is 0. The smallest absolute Gasteiger partial charge is 0.242 e. The summed E-state index contributed by atoms with van der Waals surface area (Å²) in [5, 5.41) is 5.74. The fourth-order valence-electron chi connectivity index (χ4n) is 2.77. The van der Waals surface area contributed by atoms with Gasteiger partial charge >= 0.3 is 0 Å². The molecule has 2 rings (SSSR count). The van der Waals surface area contributed by atoms with Gasteiger partial charge in [0, 0.05) is 12.5 Å². The maximum atomic E-state index is 12.0. The third kappa shape index (κ3) is 2.97. The fourth-order valence-corrected chi connectivity index (χ4v) is 2.77. The molecule has 0 radical (unpaired) electrons. The van der Waals surface area contributed by atoms with Gasteiger partial charge in [0.05, 0.1) is 0 Å². The van der Waals surface area contributed by atoms with E-state index in [9.17, 15) is 9.59 Å². The Morgan fingerprint density at radius 1 is 1.35 bits per heavy atom. The first-order valence-electron chi connectivity index (χ1n) is 6.50. The molecule has 3 atom stereocenters. The van der Waals surface area contributed by atoms with E-state index < -0.39 is 0 Å². The molecule has 0 spiro atoms. The van der Waals surface area contributed by atoms with Crippen LogP contribution < -0.4 is 16.4 Å². The second-order valence-electron chi connectivity index (χ2n) is 5.05. The van der Waals surface area contributed by atoms with Crippen LogP contribution in [0.4, 0.5) is 0 Å². The quantitative estimate of drug-likeness (QED) is 0.643. The molecule has 5 nitrogen and oxygen atoms in total. The van der Waals surface area contributed by atoms with E-state index in [-0.39, 0.29) is 23.9 Å². The van der Waals surface area contributed by atoms with Crippen molar-refractivity contribution in [2.24, 2.45) is 11.7 Å². The van der Waals surface area contributed by atoms with E-state index in [0.29, 0.717) is 25.3 Å². The summed E-state index contributed by atoms with van der Waals surface area (Å²) in [6, 6.07) is -0.137. The molecule has 1 saturated carbocycles. The predicted molar refractivity (Wildman–Crippen MR) is 64.1 cm³/mol. The summed E-state index contributed by atoms with van der Waals surface area (Å²) < 4.78 is 0. The summed E-state index contributed by atoms with van der Waals surface area (Å²) in [6.45, 7) is 0.627. The van der Waals surface area contributed by atoms with E-state index in [1.54, 1.807) is 0 Å². The summed E-state index contributed by atoms with van der Waals surface area (Å²) in [4.78, 5) is 23.0. The zero-order valence-corrected chi connectivity index (χ0v) is 10.1. The Labute approximate surface area is 102 Å². The number of carbonyl (C=O) groups excluding carboxylic acids is 2. The van der Waals surface area contributed by atoms with Crippen LogP contribution in [0.5, 0.6) is 0 Å². The van der Waals surface area contributed by atoms with Crippen LogP contribution in [-0.2, 0) is 9.59 Å². The van der Waals surface area contributed by atoms with Gasteiger partial charge in [0.1, 0.15) is 6.04 Å². The maximum absolute atomic E-state index is 12.0. The van der Waals surface area contributed by atoms with Crippen LogP contribution in [0.25, 0.3) is 0 Å². The van der Waals surface area contributed by atoms with E-state index in [2.05, 4.69) is 10.6 Å². The average Bonchev–Trinajstić information content (AvgIpc) is 2.77. The van der Waals surface area contributed by atoms with Gasteiger partial charge in [-0.2, -0.15) is 0 Å². The molecule has 0 aromatic carbocycles. The summed E-state index contributed by atoms with van der Waals surface area (Å²) in [7, 11) is 0. The number of nitrogens with two attached hydrogens (primary N) is 1. The first-order chi connectivity index (χ1) is 8.20. The first-order valence-corrected chi connectivity index (χ1v) is 6.50. The second kappa shape index (κ2) is 5.49. The summed E-state index contributed by atoms with van der Waals surface area (Å²) in [5.74, 6) is 0.329. The highest BCUT2D eigenvalue weighted by Crippen LogP contribution is 2.23. The van der Waals surface area contributed by atoms with Crippen molar-refractivity contribution >= 4 is 11.8 Å². The van der Waals surface area contributed by atoms with Gasteiger partial charge in [-0.25, -0.2) is 0 Å². The van der Waals surface area contributed by atoms with Gasteiger partial charge in [0.15, 0.2) is 0 Å². The third-order valence-electron chi connectivity index (χ3n) is 3.85. The van der Waals surface area contributed by atoms with Crippen molar-refractivity contribution in [1.29, 1.82) is 0 Å². The minimum absolute atomic E-state index is 0.0239. The van der Waals surface area contributed by atoms with Crippen molar-refractivity contribution in [3.63, 3.8) is 0 Å². The van der Waals surface area contributed by atoms with E-state index in [0.717, 1.165) is 19.3 Å². The third-order valence-corrected chi connectivity index (χ3v) is 3.85. The molecule has 0 bridgehead atoms. The largest absolute Gasteiger partial charge is 0.351 e. The van der Waals surface area contributed by atoms with Crippen molar-refractivity contribution in [3.8, 4) is 0 Å². The molecule has 17 heavy (non-hydrogen) atoms. The van der Waals surface area contributed by atoms with Crippen LogP contribution >= 0.6 is 0 Å². The topological polar surface area (TPSA) is 84.2 Å². The zero-order chi connectivity index (χ0) is 12.3. The van der Waals surface area contributed by atoms with Crippen molar-refractivity contribution < 1.29 is 9.59 Å². The molecule has 96 valence electrons. The van der Waals surface area contributed by atoms with Crippen LogP contribution in [-0.4, -0.2) is 30.4 Å². The molecule has 0 aromatic rings. The molecule has 2 fully saturated rings. The van der Waals surface area contributed by atoms with E-state index >= 15 is 0 Å². The molecular formula is C12H21N3O2. The lowest BCUT2D eigenvalue weighted by molar-refractivity contribution is -0.126. The van der Waals surface area contributed by atoms with Gasteiger partial charge < -0.3 is 16.4 Å². The fraction of sp³-hybridized carbons (Fsp3) is 0.833. The molecule has 1 heterocycles. The molecule has 4 N–H and O–H groups in total. The molecule has 3 unspecified atom stereocenters. The Hall–Kier alpha value is -1.10. The van der Waals surface area contributed by atoms with Gasteiger partial charge in [-0.3, -0.25) is 9.59 Å². The molecule has 2 aliphatic rings. The van der Waals surface area contributed by atoms with Gasteiger partial charge in [0.2, 0.25) is 11.8 Å². The Balaban J connectivity index is 1.86. The Morgan fingerprint density at radius 3 is 2.76 bits per heavy atom. The zero-order valence-electron chi connectivity index (χ0n) is 10.1. The molecule has 0 aromatic heterocycles. The van der Waals surface area contributed by atoms with E-state index in [1.807, 2.05) is 0 Å². The van der Waals surface area contributed by atoms with Crippen molar-refractivity contribution in [2.75, 3.05) is 6.54 Å². The molecule has 5 heteroatoms. The van der Waals surface area contributed by atoms with Gasteiger partial charge in [-0.1, -0.05) is 12.8 Å². The highest BCUT2D eigenvalue weighted by Gasteiger charge is 2.31. The number of amides is 2.